The molecule has 0 saturated carbocycles. The van der Waals surface area contributed by atoms with E-state index in [1.54, 1.807) is 4.90 Å². The molecular formula is C18H25F2N3O4S. The van der Waals surface area contributed by atoms with Gasteiger partial charge in [0, 0.05) is 43.3 Å². The SMILES string of the molecule is NC[C@H]1CN(c2cc(F)c(N3CCC(C4CS(O)(O)C4)CC3)c(F)c2)C(=O)O1. The maximum absolute atomic E-state index is 14.7. The molecule has 1 aromatic carbocycles. The third-order valence-electron chi connectivity index (χ3n) is 5.93. The minimum atomic E-state index is -2.37. The summed E-state index contributed by atoms with van der Waals surface area (Å²) in [6.45, 7) is 1.33. The summed E-state index contributed by atoms with van der Waals surface area (Å²) >= 11 is 0. The molecule has 4 rings (SSSR count). The van der Waals surface area contributed by atoms with Crippen LogP contribution in [0.4, 0.5) is 25.0 Å². The number of benzene rings is 1. The fourth-order valence-corrected chi connectivity index (χ4v) is 6.19. The van der Waals surface area contributed by atoms with Crippen molar-refractivity contribution in [1.82, 2.24) is 0 Å². The minimum absolute atomic E-state index is 0.0805. The van der Waals surface area contributed by atoms with E-state index in [1.165, 1.54) is 4.90 Å². The molecule has 0 aliphatic carbocycles. The van der Waals surface area contributed by atoms with E-state index in [9.17, 15) is 22.7 Å². The standard InChI is InChI=1S/C18H25F2N3O4S/c19-15-5-13(23-8-14(7-21)27-18(23)24)6-16(20)17(15)22-3-1-11(2-4-22)12-9-28(25,26)10-12/h5-6,11-12,14,25-26H,1-4,7-10,21H2/t14-/m0/s1. The summed E-state index contributed by atoms with van der Waals surface area (Å²) in [5, 5.41) is 0. The number of cyclic esters (lactones) is 1. The van der Waals surface area contributed by atoms with Crippen molar-refractivity contribution in [1.29, 1.82) is 0 Å². The van der Waals surface area contributed by atoms with E-state index in [1.807, 2.05) is 0 Å². The highest BCUT2D eigenvalue weighted by atomic mass is 32.3. The zero-order chi connectivity index (χ0) is 20.1. The first-order chi connectivity index (χ1) is 13.3. The number of piperidine rings is 1. The highest BCUT2D eigenvalue weighted by Crippen LogP contribution is 2.55. The minimum Gasteiger partial charge on any atom is -0.443 e. The lowest BCUT2D eigenvalue weighted by atomic mass is 9.85. The third kappa shape index (κ3) is 3.66. The van der Waals surface area contributed by atoms with Crippen molar-refractivity contribution in [2.75, 3.05) is 47.5 Å². The lowest BCUT2D eigenvalue weighted by Crippen LogP contribution is -2.44. The van der Waals surface area contributed by atoms with Gasteiger partial charge in [-0.15, -0.1) is 0 Å². The Labute approximate surface area is 163 Å². The Morgan fingerprint density at radius 1 is 1.14 bits per heavy atom. The second-order valence-corrected chi connectivity index (χ2v) is 10.1. The predicted molar refractivity (Wildman–Crippen MR) is 104 cm³/mol. The summed E-state index contributed by atoms with van der Waals surface area (Å²) in [6, 6.07) is 2.32. The Morgan fingerprint density at radius 3 is 2.25 bits per heavy atom. The molecule has 0 bridgehead atoms. The van der Waals surface area contributed by atoms with Crippen molar-refractivity contribution in [2.24, 2.45) is 17.6 Å². The monoisotopic (exact) mass is 417 g/mol. The van der Waals surface area contributed by atoms with Crippen molar-refractivity contribution < 1.29 is 27.4 Å². The van der Waals surface area contributed by atoms with Gasteiger partial charge in [0.05, 0.1) is 12.2 Å². The van der Waals surface area contributed by atoms with Crippen LogP contribution >= 0.6 is 10.6 Å². The lowest BCUT2D eigenvalue weighted by molar-refractivity contribution is 0.145. The summed E-state index contributed by atoms with van der Waals surface area (Å²) in [5.74, 6) is 0.121. The average Bonchev–Trinajstić information content (AvgIpc) is 3.00. The summed E-state index contributed by atoms with van der Waals surface area (Å²) in [7, 11) is -2.37. The fraction of sp³-hybridized carbons (Fsp3) is 0.611. The van der Waals surface area contributed by atoms with Crippen LogP contribution in [0.3, 0.4) is 0 Å². The van der Waals surface area contributed by atoms with E-state index in [4.69, 9.17) is 10.5 Å². The van der Waals surface area contributed by atoms with E-state index in [2.05, 4.69) is 0 Å². The highest BCUT2D eigenvalue weighted by Gasteiger charge is 2.40. The Morgan fingerprint density at radius 2 is 1.75 bits per heavy atom. The van der Waals surface area contributed by atoms with Gasteiger partial charge in [0.2, 0.25) is 0 Å². The number of anilines is 2. The molecule has 28 heavy (non-hydrogen) atoms. The molecule has 7 nitrogen and oxygen atoms in total. The predicted octanol–water partition coefficient (Wildman–Crippen LogP) is 2.85. The molecule has 3 fully saturated rings. The van der Waals surface area contributed by atoms with E-state index < -0.39 is 34.4 Å². The number of carbonyl (C=O) groups excluding carboxylic acids is 1. The van der Waals surface area contributed by atoms with Crippen LogP contribution in [0.5, 0.6) is 0 Å². The molecular weight excluding hydrogens is 392 g/mol. The van der Waals surface area contributed by atoms with Crippen LogP contribution in [0.15, 0.2) is 12.1 Å². The van der Waals surface area contributed by atoms with Gasteiger partial charge in [0.1, 0.15) is 11.8 Å². The molecule has 0 spiro atoms. The molecule has 156 valence electrons. The molecule has 3 aliphatic heterocycles. The van der Waals surface area contributed by atoms with Crippen LogP contribution < -0.4 is 15.5 Å². The Kier molecular flexibility index (Phi) is 5.15. The zero-order valence-corrected chi connectivity index (χ0v) is 16.2. The second-order valence-electron chi connectivity index (χ2n) is 7.83. The number of halogens is 2. The molecule has 0 radical (unpaired) electrons. The second kappa shape index (κ2) is 7.33. The van der Waals surface area contributed by atoms with Gasteiger partial charge in [-0.1, -0.05) is 0 Å². The molecule has 4 N–H and O–H groups in total. The summed E-state index contributed by atoms with van der Waals surface area (Å²) in [4.78, 5) is 14.8. The molecule has 3 heterocycles. The quantitative estimate of drug-likeness (QED) is 0.697. The normalized spacial score (nSPS) is 26.9. The maximum atomic E-state index is 14.7. The molecule has 1 aromatic rings. The number of amides is 1. The van der Waals surface area contributed by atoms with Gasteiger partial charge in [-0.05, 0) is 24.7 Å². The van der Waals surface area contributed by atoms with E-state index >= 15 is 0 Å². The Bertz CT molecular complexity index is 742. The van der Waals surface area contributed by atoms with Gasteiger partial charge in [0.15, 0.2) is 11.6 Å². The number of rotatable bonds is 4. The number of nitrogens with two attached hydrogens (primary N) is 1. The average molecular weight is 417 g/mol. The smallest absolute Gasteiger partial charge is 0.414 e. The van der Waals surface area contributed by atoms with Crippen molar-refractivity contribution in [3.05, 3.63) is 23.8 Å². The Balaban J connectivity index is 1.44. The topological polar surface area (TPSA) is 99.3 Å². The maximum Gasteiger partial charge on any atom is 0.414 e. The summed E-state index contributed by atoms with van der Waals surface area (Å²) < 4.78 is 53.7. The third-order valence-corrected chi connectivity index (χ3v) is 7.86. The Hall–Kier alpha value is -1.62. The van der Waals surface area contributed by atoms with Gasteiger partial charge >= 0.3 is 6.09 Å². The number of carbonyl (C=O) groups is 1. The number of ether oxygens (including phenoxy) is 1. The van der Waals surface area contributed by atoms with Crippen LogP contribution in [-0.2, 0) is 4.74 Å². The van der Waals surface area contributed by atoms with Crippen LogP contribution in [0.1, 0.15) is 12.8 Å². The van der Waals surface area contributed by atoms with E-state index in [0.29, 0.717) is 36.4 Å². The molecule has 1 atom stereocenters. The van der Waals surface area contributed by atoms with Crippen LogP contribution in [0.2, 0.25) is 0 Å². The van der Waals surface area contributed by atoms with Crippen molar-refractivity contribution in [2.45, 2.75) is 18.9 Å². The molecule has 1 amide bonds. The molecule has 0 unspecified atom stereocenters. The first-order valence-corrected chi connectivity index (χ1v) is 11.3. The van der Waals surface area contributed by atoms with Gasteiger partial charge in [-0.3, -0.25) is 14.0 Å². The number of nitrogens with zero attached hydrogens (tertiary/aromatic N) is 2. The van der Waals surface area contributed by atoms with Gasteiger partial charge < -0.3 is 15.4 Å². The van der Waals surface area contributed by atoms with Crippen molar-refractivity contribution >= 4 is 28.1 Å². The van der Waals surface area contributed by atoms with Crippen LogP contribution in [0.25, 0.3) is 0 Å². The van der Waals surface area contributed by atoms with Crippen LogP contribution in [-0.4, -0.2) is 59.0 Å². The molecule has 0 aromatic heterocycles. The van der Waals surface area contributed by atoms with E-state index in [0.717, 1.165) is 25.0 Å². The fourth-order valence-electron chi connectivity index (χ4n) is 4.37. The molecule has 3 saturated heterocycles. The van der Waals surface area contributed by atoms with Gasteiger partial charge in [0.25, 0.3) is 0 Å². The largest absolute Gasteiger partial charge is 0.443 e. The first kappa shape index (κ1) is 19.7. The van der Waals surface area contributed by atoms with Crippen molar-refractivity contribution in [3.8, 4) is 0 Å². The zero-order valence-electron chi connectivity index (χ0n) is 15.4. The van der Waals surface area contributed by atoms with E-state index in [-0.39, 0.29) is 24.5 Å². The highest BCUT2D eigenvalue weighted by molar-refractivity contribution is 8.25. The summed E-state index contributed by atoms with van der Waals surface area (Å²) in [6.07, 6.45) is 0.381. The van der Waals surface area contributed by atoms with Gasteiger partial charge in [-0.2, -0.15) is 10.6 Å². The number of hydrogen-bond acceptors (Lipinski definition) is 6. The number of hydrogen-bond donors (Lipinski definition) is 3. The molecule has 10 heteroatoms. The van der Waals surface area contributed by atoms with Crippen LogP contribution in [0, 0.1) is 23.5 Å². The summed E-state index contributed by atoms with van der Waals surface area (Å²) in [5.41, 5.74) is 5.53. The first-order valence-electron chi connectivity index (χ1n) is 9.43. The lowest BCUT2D eigenvalue weighted by Gasteiger charge is -2.51. The van der Waals surface area contributed by atoms with Gasteiger partial charge in [-0.25, -0.2) is 13.6 Å². The molecule has 3 aliphatic rings. The van der Waals surface area contributed by atoms with Crippen molar-refractivity contribution in [3.63, 3.8) is 0 Å².